The van der Waals surface area contributed by atoms with Crippen molar-refractivity contribution >= 4 is 19.5 Å². The monoisotopic (exact) mass is 524 g/mol. The van der Waals surface area contributed by atoms with Gasteiger partial charge in [0.2, 0.25) is 5.91 Å². The quantitative estimate of drug-likeness (QED) is 0.224. The molecule has 3 N–H and O–H groups in total. The molecular formula is C28H33N2O6P. The predicted octanol–water partition coefficient (Wildman–Crippen LogP) is 4.45. The van der Waals surface area contributed by atoms with E-state index in [-0.39, 0.29) is 31.7 Å². The standard InChI is InChI=1S/C28H33N2O6P/c1-3-35-27(31)17-18-29-28(32)26(30-20-37(33,34)36-25-7-5-4-6-8-25)19-22-11-15-24(16-12-22)23-13-9-21(2)10-14-23/h4-16,26,30H,3,17-20H2,1-2H3,(H,29,32)(H,33,34)/t26-/m0/s1. The molecule has 3 aromatic rings. The van der Waals surface area contributed by atoms with Crippen molar-refractivity contribution in [3.05, 3.63) is 90.0 Å². The summed E-state index contributed by atoms with van der Waals surface area (Å²) >= 11 is 0. The Bertz CT molecular complexity index is 1200. The average Bonchev–Trinajstić information content (AvgIpc) is 2.88. The molecule has 0 aliphatic heterocycles. The number of carbonyl (C=O) groups excluding carboxylic acids is 2. The van der Waals surface area contributed by atoms with Crippen molar-refractivity contribution in [2.75, 3.05) is 19.4 Å². The van der Waals surface area contributed by atoms with Gasteiger partial charge in [-0.15, -0.1) is 0 Å². The maximum absolute atomic E-state index is 12.9. The van der Waals surface area contributed by atoms with E-state index in [1.807, 2.05) is 31.2 Å². The van der Waals surface area contributed by atoms with Gasteiger partial charge in [0.1, 0.15) is 12.0 Å². The summed E-state index contributed by atoms with van der Waals surface area (Å²) in [5, 5.41) is 5.58. The maximum Gasteiger partial charge on any atom is 0.390 e. The van der Waals surface area contributed by atoms with Crippen LogP contribution < -0.4 is 15.2 Å². The summed E-state index contributed by atoms with van der Waals surface area (Å²) in [5.74, 6) is -0.543. The van der Waals surface area contributed by atoms with Crippen LogP contribution in [0.5, 0.6) is 5.75 Å². The zero-order valence-electron chi connectivity index (χ0n) is 21.1. The second-order valence-electron chi connectivity index (χ2n) is 8.57. The van der Waals surface area contributed by atoms with Crippen LogP contribution in [0.3, 0.4) is 0 Å². The first-order valence-electron chi connectivity index (χ1n) is 12.1. The highest BCUT2D eigenvalue weighted by Crippen LogP contribution is 2.41. The Hall–Kier alpha value is -3.45. The van der Waals surface area contributed by atoms with Crippen molar-refractivity contribution in [2.45, 2.75) is 32.7 Å². The van der Waals surface area contributed by atoms with Gasteiger partial charge in [0.15, 0.2) is 0 Å². The van der Waals surface area contributed by atoms with E-state index in [1.54, 1.807) is 37.3 Å². The van der Waals surface area contributed by atoms with Crippen LogP contribution in [0, 0.1) is 6.92 Å². The van der Waals surface area contributed by atoms with Gasteiger partial charge in [-0.25, -0.2) is 4.57 Å². The summed E-state index contributed by atoms with van der Waals surface area (Å²) in [7, 11) is -4.08. The van der Waals surface area contributed by atoms with Crippen LogP contribution in [0.4, 0.5) is 0 Å². The number of carbonyl (C=O) groups is 2. The highest BCUT2D eigenvalue weighted by atomic mass is 31.2. The molecule has 9 heteroatoms. The average molecular weight is 525 g/mol. The highest BCUT2D eigenvalue weighted by Gasteiger charge is 2.26. The fourth-order valence-electron chi connectivity index (χ4n) is 3.62. The molecule has 1 unspecified atom stereocenters. The summed E-state index contributed by atoms with van der Waals surface area (Å²) in [6.07, 6.45) is -0.128. The highest BCUT2D eigenvalue weighted by molar-refractivity contribution is 7.53. The Kier molecular flexibility index (Phi) is 10.4. The molecule has 0 saturated carbocycles. The number of aryl methyl sites for hydroxylation is 1. The summed E-state index contributed by atoms with van der Waals surface area (Å²) in [6, 6.07) is 23.5. The molecule has 0 aliphatic rings. The van der Waals surface area contributed by atoms with Gasteiger partial charge < -0.3 is 19.5 Å². The lowest BCUT2D eigenvalue weighted by Gasteiger charge is -2.21. The molecule has 0 fully saturated rings. The van der Waals surface area contributed by atoms with Crippen molar-refractivity contribution in [3.8, 4) is 16.9 Å². The van der Waals surface area contributed by atoms with Gasteiger partial charge in [-0.05, 0) is 49.1 Å². The van der Waals surface area contributed by atoms with Crippen molar-refractivity contribution < 1.29 is 28.3 Å². The van der Waals surface area contributed by atoms with E-state index in [4.69, 9.17) is 9.26 Å². The Morgan fingerprint density at radius 3 is 2.19 bits per heavy atom. The van der Waals surface area contributed by atoms with Crippen molar-refractivity contribution in [1.82, 2.24) is 10.6 Å². The van der Waals surface area contributed by atoms with Crippen LogP contribution in [0.1, 0.15) is 24.5 Å². The van der Waals surface area contributed by atoms with Gasteiger partial charge in [-0.2, -0.15) is 0 Å². The van der Waals surface area contributed by atoms with Gasteiger partial charge in [0.05, 0.1) is 19.1 Å². The van der Waals surface area contributed by atoms with Crippen LogP contribution in [0.15, 0.2) is 78.9 Å². The van der Waals surface area contributed by atoms with Crippen molar-refractivity contribution in [1.29, 1.82) is 0 Å². The maximum atomic E-state index is 12.9. The van der Waals surface area contributed by atoms with E-state index >= 15 is 0 Å². The normalized spacial score (nSPS) is 13.3. The fraction of sp³-hybridized carbons (Fsp3) is 0.286. The number of hydrogen-bond donors (Lipinski definition) is 3. The Morgan fingerprint density at radius 2 is 1.57 bits per heavy atom. The van der Waals surface area contributed by atoms with Crippen molar-refractivity contribution in [3.63, 3.8) is 0 Å². The first-order valence-corrected chi connectivity index (χ1v) is 13.9. The molecule has 0 saturated heterocycles. The van der Waals surface area contributed by atoms with Crippen LogP contribution in [-0.2, 0) is 25.3 Å². The summed E-state index contributed by atoms with van der Waals surface area (Å²) in [4.78, 5) is 34.9. The third kappa shape index (κ3) is 9.50. The van der Waals surface area contributed by atoms with Crippen molar-refractivity contribution in [2.24, 2.45) is 0 Å². The number of esters is 1. The second-order valence-corrected chi connectivity index (χ2v) is 10.3. The summed E-state index contributed by atoms with van der Waals surface area (Å²) in [6.45, 7) is 4.11. The number of amides is 1. The molecule has 0 aromatic heterocycles. The van der Waals surface area contributed by atoms with Gasteiger partial charge in [0, 0.05) is 6.54 Å². The topological polar surface area (TPSA) is 114 Å². The van der Waals surface area contributed by atoms with E-state index in [1.165, 1.54) is 5.56 Å². The van der Waals surface area contributed by atoms with E-state index in [0.29, 0.717) is 0 Å². The lowest BCUT2D eigenvalue weighted by Crippen LogP contribution is -2.46. The number of benzene rings is 3. The zero-order chi connectivity index (χ0) is 26.7. The van der Waals surface area contributed by atoms with Gasteiger partial charge in [-0.3, -0.25) is 14.9 Å². The lowest BCUT2D eigenvalue weighted by atomic mass is 10.00. The minimum Gasteiger partial charge on any atom is -0.466 e. The number of para-hydroxylation sites is 1. The molecule has 37 heavy (non-hydrogen) atoms. The van der Waals surface area contributed by atoms with E-state index < -0.39 is 31.8 Å². The molecule has 1 amide bonds. The Morgan fingerprint density at radius 1 is 0.946 bits per heavy atom. The molecule has 2 atom stereocenters. The largest absolute Gasteiger partial charge is 0.466 e. The summed E-state index contributed by atoms with van der Waals surface area (Å²) in [5.41, 5.74) is 4.18. The predicted molar refractivity (Wildman–Crippen MR) is 143 cm³/mol. The lowest BCUT2D eigenvalue weighted by molar-refractivity contribution is -0.143. The first kappa shape index (κ1) is 28.1. The Labute approximate surface area is 217 Å². The molecule has 196 valence electrons. The number of ether oxygens (including phenoxy) is 1. The zero-order valence-corrected chi connectivity index (χ0v) is 21.9. The fourth-order valence-corrected chi connectivity index (χ4v) is 4.59. The molecule has 0 radical (unpaired) electrons. The smallest absolute Gasteiger partial charge is 0.390 e. The van der Waals surface area contributed by atoms with Gasteiger partial charge in [0.25, 0.3) is 0 Å². The van der Waals surface area contributed by atoms with Crippen LogP contribution in [0.25, 0.3) is 11.1 Å². The molecule has 3 rings (SSSR count). The minimum atomic E-state index is -4.08. The molecular weight excluding hydrogens is 491 g/mol. The first-order chi connectivity index (χ1) is 17.8. The van der Waals surface area contributed by atoms with Gasteiger partial charge >= 0.3 is 13.6 Å². The van der Waals surface area contributed by atoms with E-state index in [9.17, 15) is 19.0 Å². The SMILES string of the molecule is CCOC(=O)CCNC(=O)[C@H](Cc1ccc(-c2ccc(C)cc2)cc1)NCP(=O)(O)Oc1ccccc1. The number of nitrogens with one attached hydrogen (secondary N) is 2. The van der Waals surface area contributed by atoms with E-state index in [2.05, 4.69) is 34.9 Å². The molecule has 0 heterocycles. The molecule has 0 aliphatic carbocycles. The van der Waals surface area contributed by atoms with E-state index in [0.717, 1.165) is 16.7 Å². The summed E-state index contributed by atoms with van der Waals surface area (Å²) < 4.78 is 22.8. The minimum absolute atomic E-state index is 0.0349. The second kappa shape index (κ2) is 13.7. The molecule has 8 nitrogen and oxygen atoms in total. The Balaban J connectivity index is 1.67. The van der Waals surface area contributed by atoms with Crippen LogP contribution in [0.2, 0.25) is 0 Å². The van der Waals surface area contributed by atoms with Crippen LogP contribution >= 0.6 is 7.60 Å². The number of hydrogen-bond acceptors (Lipinski definition) is 6. The molecule has 0 spiro atoms. The number of rotatable bonds is 13. The van der Waals surface area contributed by atoms with Gasteiger partial charge in [-0.1, -0.05) is 72.3 Å². The van der Waals surface area contributed by atoms with Crippen LogP contribution in [-0.4, -0.2) is 42.2 Å². The third-order valence-corrected chi connectivity index (χ3v) is 6.64. The third-order valence-electron chi connectivity index (χ3n) is 5.56. The molecule has 0 bridgehead atoms. The molecule has 3 aromatic carbocycles.